The summed E-state index contributed by atoms with van der Waals surface area (Å²) >= 11 is 0. The molecule has 122 valence electrons. The van der Waals surface area contributed by atoms with E-state index in [-0.39, 0.29) is 6.23 Å². The summed E-state index contributed by atoms with van der Waals surface area (Å²) in [6.07, 6.45) is 0.777. The van der Waals surface area contributed by atoms with Crippen LogP contribution in [0, 0.1) is 0 Å². The second kappa shape index (κ2) is 7.06. The van der Waals surface area contributed by atoms with Gasteiger partial charge in [0, 0.05) is 32.7 Å². The standard InChI is InChI=1S/C17H28N4O/c1-13-10-19-17(22-13)15-6-4-14(5-7-15)11-18-16-12-20(2)8-9-21(16)3/h4-7,13,16-19H,8-12H2,1-3H3. The van der Waals surface area contributed by atoms with E-state index in [1.54, 1.807) is 0 Å². The fraction of sp³-hybridized carbons (Fsp3) is 0.647. The van der Waals surface area contributed by atoms with Crippen LogP contribution in [0.2, 0.25) is 0 Å². The summed E-state index contributed by atoms with van der Waals surface area (Å²) < 4.78 is 5.83. The summed E-state index contributed by atoms with van der Waals surface area (Å²) in [6.45, 7) is 7.27. The van der Waals surface area contributed by atoms with E-state index >= 15 is 0 Å². The minimum absolute atomic E-state index is 0.0511. The van der Waals surface area contributed by atoms with Crippen LogP contribution < -0.4 is 10.6 Å². The first-order chi connectivity index (χ1) is 10.6. The second-order valence-corrected chi connectivity index (χ2v) is 6.62. The quantitative estimate of drug-likeness (QED) is 0.868. The van der Waals surface area contributed by atoms with Gasteiger partial charge in [-0.15, -0.1) is 0 Å². The normalized spacial score (nSPS) is 30.8. The van der Waals surface area contributed by atoms with Crippen LogP contribution in [0.15, 0.2) is 24.3 Å². The highest BCUT2D eigenvalue weighted by Crippen LogP contribution is 2.21. The Morgan fingerprint density at radius 2 is 2.00 bits per heavy atom. The van der Waals surface area contributed by atoms with Crippen molar-refractivity contribution in [3.8, 4) is 0 Å². The van der Waals surface area contributed by atoms with E-state index in [4.69, 9.17) is 4.74 Å². The maximum Gasteiger partial charge on any atom is 0.134 e. The highest BCUT2D eigenvalue weighted by molar-refractivity contribution is 5.24. The summed E-state index contributed by atoms with van der Waals surface area (Å²) in [6, 6.07) is 8.73. The second-order valence-electron chi connectivity index (χ2n) is 6.62. The number of rotatable bonds is 4. The van der Waals surface area contributed by atoms with E-state index in [1.165, 1.54) is 11.1 Å². The Bertz CT molecular complexity index is 478. The molecule has 0 radical (unpaired) electrons. The molecule has 22 heavy (non-hydrogen) atoms. The van der Waals surface area contributed by atoms with Crippen LogP contribution in [0.25, 0.3) is 0 Å². The monoisotopic (exact) mass is 304 g/mol. The summed E-state index contributed by atoms with van der Waals surface area (Å²) in [5, 5.41) is 7.04. The number of nitrogens with one attached hydrogen (secondary N) is 2. The third-order valence-electron chi connectivity index (χ3n) is 4.63. The Morgan fingerprint density at radius 3 is 2.68 bits per heavy atom. The Morgan fingerprint density at radius 1 is 1.23 bits per heavy atom. The molecule has 2 heterocycles. The van der Waals surface area contributed by atoms with E-state index in [0.717, 1.165) is 32.7 Å². The Kier molecular flexibility index (Phi) is 5.10. The zero-order valence-corrected chi connectivity index (χ0v) is 13.9. The van der Waals surface area contributed by atoms with Gasteiger partial charge in [0.2, 0.25) is 0 Å². The van der Waals surface area contributed by atoms with Crippen molar-refractivity contribution in [2.75, 3.05) is 40.3 Å². The minimum Gasteiger partial charge on any atom is -0.355 e. The first kappa shape index (κ1) is 15.9. The number of nitrogens with zero attached hydrogens (tertiary/aromatic N) is 2. The third kappa shape index (κ3) is 3.86. The van der Waals surface area contributed by atoms with Gasteiger partial charge in [0.05, 0.1) is 12.3 Å². The first-order valence-electron chi connectivity index (χ1n) is 8.21. The number of benzene rings is 1. The van der Waals surface area contributed by atoms with Crippen molar-refractivity contribution in [3.63, 3.8) is 0 Å². The van der Waals surface area contributed by atoms with Crippen LogP contribution in [0.3, 0.4) is 0 Å². The number of likely N-dealkylation sites (N-methyl/N-ethyl adjacent to an activating group) is 2. The van der Waals surface area contributed by atoms with Crippen molar-refractivity contribution < 1.29 is 4.74 Å². The van der Waals surface area contributed by atoms with Crippen LogP contribution in [-0.2, 0) is 11.3 Å². The summed E-state index contributed by atoms with van der Waals surface area (Å²) in [5.74, 6) is 0. The van der Waals surface area contributed by atoms with E-state index in [0.29, 0.717) is 12.3 Å². The molecule has 3 unspecified atom stereocenters. The molecule has 5 heteroatoms. The molecule has 0 spiro atoms. The Balaban J connectivity index is 1.52. The molecule has 2 fully saturated rings. The lowest BCUT2D eigenvalue weighted by atomic mass is 10.1. The lowest BCUT2D eigenvalue weighted by Crippen LogP contribution is -2.56. The average molecular weight is 304 g/mol. The van der Waals surface area contributed by atoms with Crippen LogP contribution in [-0.4, -0.2) is 62.3 Å². The van der Waals surface area contributed by atoms with E-state index in [1.807, 2.05) is 0 Å². The minimum atomic E-state index is 0.0511. The number of hydrogen-bond acceptors (Lipinski definition) is 5. The van der Waals surface area contributed by atoms with Gasteiger partial charge >= 0.3 is 0 Å². The van der Waals surface area contributed by atoms with Gasteiger partial charge in [0.1, 0.15) is 6.23 Å². The highest BCUT2D eigenvalue weighted by atomic mass is 16.5. The van der Waals surface area contributed by atoms with Gasteiger partial charge < -0.3 is 9.64 Å². The molecule has 3 rings (SSSR count). The third-order valence-corrected chi connectivity index (χ3v) is 4.63. The summed E-state index contributed by atoms with van der Waals surface area (Å²) in [4.78, 5) is 4.77. The van der Waals surface area contributed by atoms with Gasteiger partial charge in [0.15, 0.2) is 0 Å². The van der Waals surface area contributed by atoms with E-state index < -0.39 is 0 Å². The van der Waals surface area contributed by atoms with Crippen molar-refractivity contribution in [2.45, 2.75) is 32.0 Å². The van der Waals surface area contributed by atoms with E-state index in [2.05, 4.69) is 65.7 Å². The molecule has 2 saturated heterocycles. The predicted molar refractivity (Wildman–Crippen MR) is 88.5 cm³/mol. The Labute approximate surface area is 133 Å². The van der Waals surface area contributed by atoms with Crippen molar-refractivity contribution in [3.05, 3.63) is 35.4 Å². The number of piperazine rings is 1. The molecule has 0 aliphatic carbocycles. The zero-order valence-electron chi connectivity index (χ0n) is 13.9. The van der Waals surface area contributed by atoms with Crippen LogP contribution in [0.1, 0.15) is 24.3 Å². The van der Waals surface area contributed by atoms with Crippen molar-refractivity contribution in [1.82, 2.24) is 20.4 Å². The largest absolute Gasteiger partial charge is 0.355 e. The molecule has 2 aliphatic heterocycles. The molecular weight excluding hydrogens is 276 g/mol. The molecule has 5 nitrogen and oxygen atoms in total. The SMILES string of the molecule is CC1CNC(c2ccc(CNC3CN(C)CCN3C)cc2)O1. The molecule has 0 saturated carbocycles. The first-order valence-corrected chi connectivity index (χ1v) is 8.21. The van der Waals surface area contributed by atoms with Gasteiger partial charge in [-0.25, -0.2) is 0 Å². The predicted octanol–water partition coefficient (Wildman–Crippen LogP) is 0.986. The smallest absolute Gasteiger partial charge is 0.134 e. The summed E-state index contributed by atoms with van der Waals surface area (Å²) in [5.41, 5.74) is 2.53. The maximum absolute atomic E-state index is 5.83. The fourth-order valence-corrected chi connectivity index (χ4v) is 3.07. The van der Waals surface area contributed by atoms with Crippen LogP contribution in [0.5, 0.6) is 0 Å². The van der Waals surface area contributed by atoms with Gasteiger partial charge in [-0.2, -0.15) is 0 Å². The van der Waals surface area contributed by atoms with E-state index in [9.17, 15) is 0 Å². The van der Waals surface area contributed by atoms with Crippen LogP contribution >= 0.6 is 0 Å². The molecule has 1 aromatic carbocycles. The Hall–Kier alpha value is -0.980. The maximum atomic E-state index is 5.83. The van der Waals surface area contributed by atoms with Gasteiger partial charge in [-0.05, 0) is 32.1 Å². The van der Waals surface area contributed by atoms with Crippen molar-refractivity contribution in [1.29, 1.82) is 0 Å². The summed E-state index contributed by atoms with van der Waals surface area (Å²) in [7, 11) is 4.38. The molecule has 1 aromatic rings. The topological polar surface area (TPSA) is 39.8 Å². The van der Waals surface area contributed by atoms with Gasteiger partial charge in [-0.1, -0.05) is 24.3 Å². The zero-order chi connectivity index (χ0) is 15.5. The number of ether oxygens (including phenoxy) is 1. The van der Waals surface area contributed by atoms with Gasteiger partial charge in [-0.3, -0.25) is 15.5 Å². The lowest BCUT2D eigenvalue weighted by molar-refractivity contribution is 0.0510. The highest BCUT2D eigenvalue weighted by Gasteiger charge is 2.23. The van der Waals surface area contributed by atoms with Crippen molar-refractivity contribution >= 4 is 0 Å². The van der Waals surface area contributed by atoms with Crippen LogP contribution in [0.4, 0.5) is 0 Å². The van der Waals surface area contributed by atoms with Crippen molar-refractivity contribution in [2.24, 2.45) is 0 Å². The molecular formula is C17H28N4O. The number of hydrogen-bond donors (Lipinski definition) is 2. The van der Waals surface area contributed by atoms with Gasteiger partial charge in [0.25, 0.3) is 0 Å². The molecule has 2 aliphatic rings. The molecule has 2 N–H and O–H groups in total. The molecule has 0 bridgehead atoms. The molecule has 0 amide bonds. The molecule has 3 atom stereocenters. The lowest BCUT2D eigenvalue weighted by Gasteiger charge is -2.38. The average Bonchev–Trinajstić information content (AvgIpc) is 2.95. The molecule has 0 aromatic heterocycles. The fourth-order valence-electron chi connectivity index (χ4n) is 3.07.